The predicted octanol–water partition coefficient (Wildman–Crippen LogP) is 14.7. The van der Waals surface area contributed by atoms with E-state index in [0.717, 1.165) is 0 Å². The summed E-state index contributed by atoms with van der Waals surface area (Å²) in [4.78, 5) is 5.24. The molecule has 310 valence electrons. The highest BCUT2D eigenvalue weighted by Crippen LogP contribution is 2.52. The SMILES string of the molecule is CC(C)(C)c1ccc(N2c3ccccc3B3c4ccccc4N(c4c(-c5ccccc5)cc(C(C)(C)C)cc4-c4ccccc4)c4cc(C(C)(C)C)cc2c43)c(-c2ccccc2)c1. The third-order valence-electron chi connectivity index (χ3n) is 13.3. The summed E-state index contributed by atoms with van der Waals surface area (Å²) in [6, 6.07) is 68.6. The summed E-state index contributed by atoms with van der Waals surface area (Å²) in [5, 5.41) is 0. The van der Waals surface area contributed by atoms with E-state index < -0.39 is 0 Å². The summed E-state index contributed by atoms with van der Waals surface area (Å²) in [7, 11) is 0. The number of nitrogens with zero attached hydrogens (tertiary/aromatic N) is 2. The molecule has 3 heteroatoms. The smallest absolute Gasteiger partial charge is 0.252 e. The minimum absolute atomic E-state index is 0.0159. The van der Waals surface area contributed by atoms with Gasteiger partial charge >= 0.3 is 0 Å². The predicted molar refractivity (Wildman–Crippen MR) is 273 cm³/mol. The first-order valence-corrected chi connectivity index (χ1v) is 22.6. The third kappa shape index (κ3) is 6.99. The van der Waals surface area contributed by atoms with E-state index >= 15 is 0 Å². The van der Waals surface area contributed by atoms with Crippen LogP contribution in [0.2, 0.25) is 0 Å². The minimum Gasteiger partial charge on any atom is -0.311 e. The highest BCUT2D eigenvalue weighted by Gasteiger charge is 2.45. The monoisotopic (exact) mass is 816 g/mol. The van der Waals surface area contributed by atoms with Gasteiger partial charge in [-0.15, -0.1) is 0 Å². The van der Waals surface area contributed by atoms with E-state index in [-0.39, 0.29) is 23.0 Å². The molecule has 0 amide bonds. The van der Waals surface area contributed by atoms with E-state index in [9.17, 15) is 0 Å². The van der Waals surface area contributed by atoms with Crippen LogP contribution in [0.3, 0.4) is 0 Å². The zero-order chi connectivity index (χ0) is 43.8. The van der Waals surface area contributed by atoms with Gasteiger partial charge in [0.1, 0.15) is 0 Å². The normalized spacial score (nSPS) is 13.4. The molecule has 0 unspecified atom stereocenters. The van der Waals surface area contributed by atoms with Gasteiger partial charge in [0.2, 0.25) is 0 Å². The largest absolute Gasteiger partial charge is 0.311 e. The van der Waals surface area contributed by atoms with Crippen LogP contribution in [0.15, 0.2) is 182 Å². The molecular weight excluding hydrogens is 759 g/mol. The lowest BCUT2D eigenvalue weighted by Gasteiger charge is -2.46. The van der Waals surface area contributed by atoms with Gasteiger partial charge in [-0.25, -0.2) is 0 Å². The molecule has 8 aromatic carbocycles. The van der Waals surface area contributed by atoms with Gasteiger partial charge in [-0.1, -0.05) is 196 Å². The Morgan fingerprint density at radius 3 is 1.17 bits per heavy atom. The molecule has 8 aromatic rings. The van der Waals surface area contributed by atoms with Gasteiger partial charge < -0.3 is 9.80 Å². The van der Waals surface area contributed by atoms with Gasteiger partial charge in [0.15, 0.2) is 0 Å². The van der Waals surface area contributed by atoms with Crippen molar-refractivity contribution in [3.63, 3.8) is 0 Å². The molecule has 0 spiro atoms. The Hall–Kier alpha value is -6.58. The highest BCUT2D eigenvalue weighted by molar-refractivity contribution is 7.00. The van der Waals surface area contributed by atoms with E-state index in [4.69, 9.17) is 0 Å². The van der Waals surface area contributed by atoms with Gasteiger partial charge in [0.25, 0.3) is 6.71 Å². The summed E-state index contributed by atoms with van der Waals surface area (Å²) in [5.74, 6) is 0. The molecular formula is C60H57BN2. The topological polar surface area (TPSA) is 6.48 Å². The Kier molecular flexibility index (Phi) is 9.68. The summed E-state index contributed by atoms with van der Waals surface area (Å²) in [6.07, 6.45) is 0. The van der Waals surface area contributed by atoms with Crippen molar-refractivity contribution < 1.29 is 0 Å². The molecule has 0 aromatic heterocycles. The fraction of sp³-hybridized carbons (Fsp3) is 0.200. The van der Waals surface area contributed by atoms with Crippen LogP contribution in [0.4, 0.5) is 34.1 Å². The molecule has 0 bridgehead atoms. The van der Waals surface area contributed by atoms with Crippen LogP contribution in [-0.4, -0.2) is 6.71 Å². The molecule has 2 nitrogen and oxygen atoms in total. The van der Waals surface area contributed by atoms with Crippen molar-refractivity contribution in [2.24, 2.45) is 0 Å². The van der Waals surface area contributed by atoms with Crippen LogP contribution in [0.5, 0.6) is 0 Å². The Morgan fingerprint density at radius 2 is 0.698 bits per heavy atom. The summed E-state index contributed by atoms with van der Waals surface area (Å²) in [5.41, 5.74) is 22.2. The standard InChI is InChI=1S/C60H57BN2/c1-58(2,3)43-33-34-51(46(35-43)40-23-13-10-14-24-40)62-52-31-21-19-29-49(52)61-50-30-20-22-32-53(50)63(55-39-45(60(7,8)9)38-54(62)56(55)61)57-47(41-25-15-11-16-26-41)36-44(59(4,5)6)37-48(57)42-27-17-12-18-28-42/h10-39H,1-9H3. The third-order valence-corrected chi connectivity index (χ3v) is 13.3. The molecule has 0 atom stereocenters. The first kappa shape index (κ1) is 40.5. The average Bonchev–Trinajstić information content (AvgIpc) is 3.28. The first-order valence-electron chi connectivity index (χ1n) is 22.6. The van der Waals surface area contributed by atoms with E-state index in [0.29, 0.717) is 0 Å². The van der Waals surface area contributed by atoms with E-state index in [2.05, 4.69) is 254 Å². The van der Waals surface area contributed by atoms with Crippen molar-refractivity contribution in [1.82, 2.24) is 0 Å². The molecule has 0 radical (unpaired) electrons. The van der Waals surface area contributed by atoms with Crippen molar-refractivity contribution in [3.05, 3.63) is 199 Å². The fourth-order valence-corrected chi connectivity index (χ4v) is 9.86. The molecule has 0 saturated heterocycles. The maximum absolute atomic E-state index is 2.64. The summed E-state index contributed by atoms with van der Waals surface area (Å²) >= 11 is 0. The van der Waals surface area contributed by atoms with E-state index in [1.54, 1.807) is 0 Å². The van der Waals surface area contributed by atoms with Crippen LogP contribution in [0, 0.1) is 0 Å². The Bertz CT molecular complexity index is 2940. The van der Waals surface area contributed by atoms with E-state index in [1.165, 1.54) is 101 Å². The van der Waals surface area contributed by atoms with Crippen LogP contribution in [0.1, 0.15) is 79.0 Å². The first-order chi connectivity index (χ1) is 30.2. The molecule has 0 fully saturated rings. The quantitative estimate of drug-likeness (QED) is 0.160. The lowest BCUT2D eigenvalue weighted by Crippen LogP contribution is -2.61. The second-order valence-corrected chi connectivity index (χ2v) is 20.6. The molecule has 2 heterocycles. The Labute approximate surface area is 376 Å². The number of para-hydroxylation sites is 2. The van der Waals surface area contributed by atoms with Crippen LogP contribution in [-0.2, 0) is 16.2 Å². The maximum Gasteiger partial charge on any atom is 0.252 e. The van der Waals surface area contributed by atoms with Crippen molar-refractivity contribution in [2.45, 2.75) is 78.6 Å². The number of hydrogen-bond donors (Lipinski definition) is 0. The second kappa shape index (κ2) is 15.1. The van der Waals surface area contributed by atoms with Gasteiger partial charge in [0, 0.05) is 39.4 Å². The Morgan fingerprint density at radius 1 is 0.317 bits per heavy atom. The minimum atomic E-state index is -0.148. The second-order valence-electron chi connectivity index (χ2n) is 20.6. The van der Waals surface area contributed by atoms with Crippen molar-refractivity contribution in [2.75, 3.05) is 9.80 Å². The number of benzene rings is 8. The number of rotatable bonds is 5. The fourth-order valence-electron chi connectivity index (χ4n) is 9.86. The van der Waals surface area contributed by atoms with Crippen molar-refractivity contribution in [3.8, 4) is 33.4 Å². The van der Waals surface area contributed by atoms with Crippen LogP contribution < -0.4 is 26.2 Å². The molecule has 63 heavy (non-hydrogen) atoms. The number of fused-ring (bicyclic) bond motifs is 4. The molecule has 0 N–H and O–H groups in total. The van der Waals surface area contributed by atoms with E-state index in [1.807, 2.05) is 0 Å². The number of anilines is 6. The van der Waals surface area contributed by atoms with Crippen molar-refractivity contribution >= 4 is 57.2 Å². The van der Waals surface area contributed by atoms with Gasteiger partial charge in [-0.2, -0.15) is 0 Å². The average molecular weight is 817 g/mol. The zero-order valence-electron chi connectivity index (χ0n) is 38.3. The molecule has 2 aliphatic heterocycles. The molecule has 0 saturated carbocycles. The summed E-state index contributed by atoms with van der Waals surface area (Å²) < 4.78 is 0. The van der Waals surface area contributed by atoms with Crippen molar-refractivity contribution in [1.29, 1.82) is 0 Å². The van der Waals surface area contributed by atoms with Crippen LogP contribution >= 0.6 is 0 Å². The Balaban J connectivity index is 1.36. The maximum atomic E-state index is 2.64. The van der Waals surface area contributed by atoms with Gasteiger partial charge in [-0.3, -0.25) is 0 Å². The molecule has 10 rings (SSSR count). The van der Waals surface area contributed by atoms with Crippen LogP contribution in [0.25, 0.3) is 33.4 Å². The summed E-state index contributed by atoms with van der Waals surface area (Å²) in [6.45, 7) is 21.0. The number of hydrogen-bond acceptors (Lipinski definition) is 2. The molecule has 0 aliphatic carbocycles. The van der Waals surface area contributed by atoms with Gasteiger partial charge in [0.05, 0.1) is 11.4 Å². The highest BCUT2D eigenvalue weighted by atomic mass is 15.2. The van der Waals surface area contributed by atoms with Gasteiger partial charge in [-0.05, 0) is 115 Å². The molecule has 2 aliphatic rings. The lowest BCUT2D eigenvalue weighted by atomic mass is 9.33. The zero-order valence-corrected chi connectivity index (χ0v) is 38.3. The lowest BCUT2D eigenvalue weighted by molar-refractivity contribution is 0.590.